The van der Waals surface area contributed by atoms with E-state index < -0.39 is 4.92 Å². The van der Waals surface area contributed by atoms with E-state index in [1.165, 1.54) is 47.6 Å². The summed E-state index contributed by atoms with van der Waals surface area (Å²) in [5.41, 5.74) is 8.38. The largest absolute Gasteiger partial charge is 0.493 e. The SMILES string of the molecule is COc1ccc(/C=C/CN2CCC(=C3c4ccccc4C=Cc4ccccc43)CC2)c([N+](=O)[O-])c1OC. The number of nitrogens with zero attached hydrogens (tertiary/aromatic N) is 2. The third-order valence-electron chi connectivity index (χ3n) is 7.11. The van der Waals surface area contributed by atoms with Crippen LogP contribution in [-0.2, 0) is 0 Å². The second-order valence-corrected chi connectivity index (χ2v) is 9.19. The number of nitro benzene ring substituents is 1. The minimum Gasteiger partial charge on any atom is -0.493 e. The Balaban J connectivity index is 1.35. The number of ether oxygens (including phenoxy) is 2. The Morgan fingerprint density at radius 3 is 2.08 bits per heavy atom. The van der Waals surface area contributed by atoms with Gasteiger partial charge in [0.2, 0.25) is 5.75 Å². The molecule has 1 aliphatic carbocycles. The van der Waals surface area contributed by atoms with E-state index in [4.69, 9.17) is 9.47 Å². The van der Waals surface area contributed by atoms with Crippen molar-refractivity contribution in [3.63, 3.8) is 0 Å². The van der Waals surface area contributed by atoms with E-state index in [0.29, 0.717) is 11.3 Å². The molecule has 0 atom stereocenters. The van der Waals surface area contributed by atoms with E-state index in [9.17, 15) is 10.1 Å². The number of fused-ring (bicyclic) bond motifs is 2. The molecule has 1 fully saturated rings. The summed E-state index contributed by atoms with van der Waals surface area (Å²) in [5.74, 6) is 0.488. The van der Waals surface area contributed by atoms with Gasteiger partial charge in [-0.3, -0.25) is 15.0 Å². The van der Waals surface area contributed by atoms with E-state index in [1.807, 2.05) is 6.08 Å². The Morgan fingerprint density at radius 1 is 0.892 bits per heavy atom. The topological polar surface area (TPSA) is 64.8 Å². The number of methoxy groups -OCH3 is 2. The van der Waals surface area contributed by atoms with Crippen LogP contribution in [0.25, 0.3) is 23.8 Å². The van der Waals surface area contributed by atoms with Crippen molar-refractivity contribution in [3.8, 4) is 11.5 Å². The highest BCUT2D eigenvalue weighted by atomic mass is 16.6. The quantitative estimate of drug-likeness (QED) is 0.220. The molecule has 1 aliphatic heterocycles. The first-order chi connectivity index (χ1) is 18.1. The highest BCUT2D eigenvalue weighted by molar-refractivity contribution is 5.94. The van der Waals surface area contributed by atoms with Gasteiger partial charge in [0.1, 0.15) is 0 Å². The molecule has 0 radical (unpaired) electrons. The number of benzene rings is 3. The molecule has 2 aliphatic rings. The number of hydrogen-bond donors (Lipinski definition) is 0. The Labute approximate surface area is 217 Å². The van der Waals surface area contributed by atoms with Crippen LogP contribution in [0.15, 0.2) is 72.3 Å². The molecule has 3 aromatic rings. The molecule has 6 nitrogen and oxygen atoms in total. The molecule has 0 amide bonds. The van der Waals surface area contributed by atoms with Crippen LogP contribution in [0.4, 0.5) is 5.69 Å². The maximum atomic E-state index is 11.7. The fourth-order valence-electron chi connectivity index (χ4n) is 5.28. The number of rotatable bonds is 6. The molecule has 0 bridgehead atoms. The van der Waals surface area contributed by atoms with Crippen LogP contribution in [0.5, 0.6) is 11.5 Å². The van der Waals surface area contributed by atoms with Crippen molar-refractivity contribution in [2.45, 2.75) is 12.8 Å². The number of hydrogen-bond acceptors (Lipinski definition) is 5. The van der Waals surface area contributed by atoms with Gasteiger partial charge in [-0.2, -0.15) is 0 Å². The predicted molar refractivity (Wildman–Crippen MR) is 149 cm³/mol. The molecule has 0 aromatic heterocycles. The Hall–Kier alpha value is -4.16. The molecule has 3 aromatic carbocycles. The number of nitro groups is 1. The molecule has 0 spiro atoms. The predicted octanol–water partition coefficient (Wildman–Crippen LogP) is 6.71. The van der Waals surface area contributed by atoms with Crippen LogP contribution in [0.3, 0.4) is 0 Å². The fraction of sp³-hybridized carbons (Fsp3) is 0.226. The molecule has 0 N–H and O–H groups in total. The summed E-state index contributed by atoms with van der Waals surface area (Å²) in [6, 6.07) is 20.7. The Bertz CT molecular complexity index is 1360. The molecule has 1 saturated heterocycles. The van der Waals surface area contributed by atoms with E-state index in [2.05, 4.69) is 65.6 Å². The van der Waals surface area contributed by atoms with Crippen molar-refractivity contribution in [1.82, 2.24) is 4.90 Å². The molecule has 0 saturated carbocycles. The minimum atomic E-state index is -0.419. The van der Waals surface area contributed by atoms with E-state index in [-0.39, 0.29) is 11.4 Å². The van der Waals surface area contributed by atoms with Gasteiger partial charge in [0.25, 0.3) is 0 Å². The molecule has 1 heterocycles. The third-order valence-corrected chi connectivity index (χ3v) is 7.11. The molecular formula is C31H30N2O4. The van der Waals surface area contributed by atoms with Gasteiger partial charge in [-0.25, -0.2) is 0 Å². The average Bonchev–Trinajstić information content (AvgIpc) is 3.10. The van der Waals surface area contributed by atoms with Crippen molar-refractivity contribution in [1.29, 1.82) is 0 Å². The standard InChI is InChI=1S/C31H30N2O4/c1-36-28-16-15-25(30(33(34)35)31(28)37-2)10-7-19-32-20-17-24(18-21-32)29-26-11-5-3-8-22(26)13-14-23-9-4-6-12-27(23)29/h3-16H,17-21H2,1-2H3/b10-7+. The first-order valence-corrected chi connectivity index (χ1v) is 12.5. The monoisotopic (exact) mass is 494 g/mol. The highest BCUT2D eigenvalue weighted by Crippen LogP contribution is 2.40. The molecular weight excluding hydrogens is 464 g/mol. The van der Waals surface area contributed by atoms with Gasteiger partial charge in [-0.1, -0.05) is 78.4 Å². The van der Waals surface area contributed by atoms with Gasteiger partial charge in [-0.15, -0.1) is 0 Å². The van der Waals surface area contributed by atoms with Gasteiger partial charge in [-0.05, 0) is 52.8 Å². The molecule has 5 rings (SSSR count). The fourth-order valence-corrected chi connectivity index (χ4v) is 5.28. The minimum absolute atomic E-state index is 0.0805. The van der Waals surface area contributed by atoms with Crippen molar-refractivity contribution < 1.29 is 14.4 Å². The zero-order chi connectivity index (χ0) is 25.8. The lowest BCUT2D eigenvalue weighted by Crippen LogP contribution is -2.31. The Kier molecular flexibility index (Phi) is 7.19. The maximum absolute atomic E-state index is 11.7. The summed E-state index contributed by atoms with van der Waals surface area (Å²) in [4.78, 5) is 13.7. The van der Waals surface area contributed by atoms with Crippen LogP contribution < -0.4 is 9.47 Å². The van der Waals surface area contributed by atoms with Gasteiger partial charge in [0.15, 0.2) is 5.75 Å². The Morgan fingerprint density at radius 2 is 1.51 bits per heavy atom. The summed E-state index contributed by atoms with van der Waals surface area (Å²) < 4.78 is 10.5. The molecule has 37 heavy (non-hydrogen) atoms. The van der Waals surface area contributed by atoms with Gasteiger partial charge in [0.05, 0.1) is 24.7 Å². The molecule has 188 valence electrons. The normalized spacial score (nSPS) is 15.3. The summed E-state index contributed by atoms with van der Waals surface area (Å²) in [6.07, 6.45) is 10.2. The lowest BCUT2D eigenvalue weighted by molar-refractivity contribution is -0.386. The van der Waals surface area contributed by atoms with Crippen molar-refractivity contribution in [2.75, 3.05) is 33.9 Å². The summed E-state index contributed by atoms with van der Waals surface area (Å²) in [7, 11) is 2.89. The average molecular weight is 495 g/mol. The van der Waals surface area contributed by atoms with Crippen LogP contribution in [0, 0.1) is 10.1 Å². The third kappa shape index (κ3) is 4.93. The summed E-state index contributed by atoms with van der Waals surface area (Å²) in [5, 5.41) is 11.7. The second kappa shape index (κ2) is 10.8. The summed E-state index contributed by atoms with van der Waals surface area (Å²) >= 11 is 0. The van der Waals surface area contributed by atoms with Crippen molar-refractivity contribution >= 4 is 29.5 Å². The second-order valence-electron chi connectivity index (χ2n) is 9.19. The van der Waals surface area contributed by atoms with E-state index in [0.717, 1.165) is 32.5 Å². The lowest BCUT2D eigenvalue weighted by atomic mass is 9.86. The van der Waals surface area contributed by atoms with Crippen LogP contribution in [0.2, 0.25) is 0 Å². The van der Waals surface area contributed by atoms with Crippen molar-refractivity contribution in [3.05, 3.63) is 110 Å². The van der Waals surface area contributed by atoms with Gasteiger partial charge >= 0.3 is 5.69 Å². The van der Waals surface area contributed by atoms with E-state index >= 15 is 0 Å². The number of piperidine rings is 1. The van der Waals surface area contributed by atoms with Crippen molar-refractivity contribution in [2.24, 2.45) is 0 Å². The van der Waals surface area contributed by atoms with Gasteiger partial charge in [0, 0.05) is 19.6 Å². The molecule has 0 unspecified atom stereocenters. The zero-order valence-corrected chi connectivity index (χ0v) is 21.1. The first-order valence-electron chi connectivity index (χ1n) is 12.5. The first kappa shape index (κ1) is 24.5. The van der Waals surface area contributed by atoms with Gasteiger partial charge < -0.3 is 9.47 Å². The zero-order valence-electron chi connectivity index (χ0n) is 21.1. The maximum Gasteiger partial charge on any atom is 0.322 e. The smallest absolute Gasteiger partial charge is 0.322 e. The van der Waals surface area contributed by atoms with E-state index in [1.54, 1.807) is 18.2 Å². The highest BCUT2D eigenvalue weighted by Gasteiger charge is 2.24. The lowest BCUT2D eigenvalue weighted by Gasteiger charge is -2.29. The van der Waals surface area contributed by atoms with Crippen LogP contribution in [0.1, 0.15) is 40.7 Å². The van der Waals surface area contributed by atoms with Crippen LogP contribution >= 0.6 is 0 Å². The molecule has 6 heteroatoms. The number of likely N-dealkylation sites (tertiary alicyclic amines) is 1. The summed E-state index contributed by atoms with van der Waals surface area (Å²) in [6.45, 7) is 2.60. The van der Waals surface area contributed by atoms with Crippen LogP contribution in [-0.4, -0.2) is 43.7 Å².